The first-order valence-electron chi connectivity index (χ1n) is 25.4. The van der Waals surface area contributed by atoms with E-state index in [9.17, 15) is 67.7 Å². The molecule has 436 valence electrons. The second-order valence-electron chi connectivity index (χ2n) is 19.9. The summed E-state index contributed by atoms with van der Waals surface area (Å²) in [5.74, 6) is -13.6. The molecule has 0 bridgehead atoms. The van der Waals surface area contributed by atoms with E-state index in [1.165, 1.54) is 0 Å². The number of hydrogen-bond donors (Lipinski definition) is 16. The van der Waals surface area contributed by atoms with Crippen molar-refractivity contribution in [3.05, 3.63) is 35.9 Å². The van der Waals surface area contributed by atoms with Gasteiger partial charge in [-0.1, -0.05) is 71.9 Å². The summed E-state index contributed by atoms with van der Waals surface area (Å²) in [4.78, 5) is 161. The van der Waals surface area contributed by atoms with Crippen molar-refractivity contribution < 1.29 is 67.7 Å². The molecule has 11 amide bonds. The summed E-state index contributed by atoms with van der Waals surface area (Å²) in [6.45, 7) is 9.19. The van der Waals surface area contributed by atoms with Gasteiger partial charge in [-0.2, -0.15) is 0 Å². The van der Waals surface area contributed by atoms with E-state index >= 15 is 0 Å². The Morgan fingerprint density at radius 3 is 1.35 bits per heavy atom. The molecule has 0 saturated carbocycles. The molecule has 0 aliphatic heterocycles. The van der Waals surface area contributed by atoms with Gasteiger partial charge in [-0.05, 0) is 61.8 Å². The minimum Gasteiger partial charge on any atom is -0.480 e. The Morgan fingerprint density at radius 2 is 0.910 bits per heavy atom. The molecular formula is C49H81N15O14. The van der Waals surface area contributed by atoms with Crippen molar-refractivity contribution >= 4 is 76.9 Å². The summed E-state index contributed by atoms with van der Waals surface area (Å²) in [7, 11) is 0. The molecule has 29 nitrogen and oxygen atoms in total. The number of hydrogen-bond acceptors (Lipinski definition) is 15. The maximum absolute atomic E-state index is 14.0. The molecule has 0 aliphatic carbocycles. The molecule has 0 aliphatic rings. The van der Waals surface area contributed by atoms with Gasteiger partial charge < -0.3 is 87.1 Å². The number of aliphatic hydroxyl groups excluding tert-OH is 1. The van der Waals surface area contributed by atoms with Gasteiger partial charge in [-0.15, -0.1) is 0 Å². The lowest BCUT2D eigenvalue weighted by Gasteiger charge is -2.28. The Labute approximate surface area is 452 Å². The molecule has 29 heteroatoms. The van der Waals surface area contributed by atoms with E-state index in [0.717, 1.165) is 0 Å². The van der Waals surface area contributed by atoms with Crippen LogP contribution in [0.5, 0.6) is 0 Å². The Hall–Kier alpha value is -7.95. The average molecular weight is 1100 g/mol. The SMILES string of the molecule is CC(C)C[C@H](NC(=O)[C@H](CC(C)C)NC(=O)[C@@H](N)CCCN=C(N)N)C(=O)N[C@@H](CCC(N)=O)C(=O)N[C@@H](CC(N)=O)C(=O)N[C@@H](CO)C(=O)N[C@@H](CCC(N)=O)C(=O)N[C@H](C(=O)N[C@@H](Cc1ccccc1)C(=O)O)C(C)C. The normalized spacial score (nSPS) is 14.6. The van der Waals surface area contributed by atoms with Crippen LogP contribution in [-0.4, -0.2) is 155 Å². The fraction of sp³-hybridized carbons (Fsp3) is 0.612. The molecule has 0 radical (unpaired) electrons. The van der Waals surface area contributed by atoms with Gasteiger partial charge in [0.2, 0.25) is 65.0 Å². The van der Waals surface area contributed by atoms with Crippen molar-refractivity contribution in [3.63, 3.8) is 0 Å². The monoisotopic (exact) mass is 1100 g/mol. The van der Waals surface area contributed by atoms with Crippen molar-refractivity contribution in [2.75, 3.05) is 13.2 Å². The lowest BCUT2D eigenvalue weighted by molar-refractivity contribution is -0.142. The number of amides is 11. The number of nitrogens with two attached hydrogens (primary N) is 6. The molecule has 1 rings (SSSR count). The number of carboxylic acids is 1. The molecule has 78 heavy (non-hydrogen) atoms. The number of guanidine groups is 1. The number of carbonyl (C=O) groups is 12. The second-order valence-corrected chi connectivity index (χ2v) is 19.9. The fourth-order valence-electron chi connectivity index (χ4n) is 7.51. The van der Waals surface area contributed by atoms with E-state index in [-0.39, 0.29) is 50.0 Å². The van der Waals surface area contributed by atoms with Crippen molar-refractivity contribution in [2.45, 2.75) is 160 Å². The third kappa shape index (κ3) is 26.7. The number of rotatable bonds is 37. The van der Waals surface area contributed by atoms with Crippen molar-refractivity contribution in [1.29, 1.82) is 0 Å². The summed E-state index contributed by atoms with van der Waals surface area (Å²) in [6, 6.07) is -5.18. The molecule has 22 N–H and O–H groups in total. The highest BCUT2D eigenvalue weighted by Gasteiger charge is 2.36. The number of primary amides is 3. The van der Waals surface area contributed by atoms with Crippen LogP contribution >= 0.6 is 0 Å². The van der Waals surface area contributed by atoms with Crippen molar-refractivity contribution in [2.24, 2.45) is 57.1 Å². The fourth-order valence-corrected chi connectivity index (χ4v) is 7.51. The van der Waals surface area contributed by atoms with Gasteiger partial charge in [0.15, 0.2) is 5.96 Å². The van der Waals surface area contributed by atoms with E-state index in [4.69, 9.17) is 34.4 Å². The molecule has 0 saturated heterocycles. The van der Waals surface area contributed by atoms with E-state index in [0.29, 0.717) is 12.0 Å². The Morgan fingerprint density at radius 1 is 0.500 bits per heavy atom. The first kappa shape index (κ1) is 68.1. The highest BCUT2D eigenvalue weighted by Crippen LogP contribution is 2.13. The number of carbonyl (C=O) groups excluding carboxylic acids is 11. The molecule has 0 spiro atoms. The molecular weight excluding hydrogens is 1020 g/mol. The summed E-state index contributed by atoms with van der Waals surface area (Å²) in [6.07, 6.45) is -2.33. The maximum atomic E-state index is 14.0. The van der Waals surface area contributed by atoms with Gasteiger partial charge in [0.1, 0.15) is 48.3 Å². The number of aliphatic carboxylic acids is 1. The second kappa shape index (κ2) is 34.7. The van der Waals surface area contributed by atoms with E-state index in [1.807, 2.05) is 0 Å². The van der Waals surface area contributed by atoms with Crippen LogP contribution in [-0.2, 0) is 64.0 Å². The van der Waals surface area contributed by atoms with Gasteiger partial charge in [0, 0.05) is 25.8 Å². The lowest BCUT2D eigenvalue weighted by Crippen LogP contribution is -2.61. The zero-order valence-electron chi connectivity index (χ0n) is 45.0. The number of aliphatic hydroxyl groups is 1. The molecule has 0 aromatic heterocycles. The number of nitrogens with zero attached hydrogens (tertiary/aromatic N) is 1. The van der Waals surface area contributed by atoms with Gasteiger partial charge >= 0.3 is 5.97 Å². The summed E-state index contributed by atoms with van der Waals surface area (Å²) < 4.78 is 0. The predicted octanol–water partition coefficient (Wildman–Crippen LogP) is -5.28. The third-order valence-electron chi connectivity index (χ3n) is 11.6. The Bertz CT molecular complexity index is 2260. The third-order valence-corrected chi connectivity index (χ3v) is 11.6. The lowest BCUT2D eigenvalue weighted by atomic mass is 9.99. The smallest absolute Gasteiger partial charge is 0.326 e. The Balaban J connectivity index is 3.39. The van der Waals surface area contributed by atoms with Crippen LogP contribution in [0.1, 0.15) is 105 Å². The largest absolute Gasteiger partial charge is 0.480 e. The van der Waals surface area contributed by atoms with E-state index < -0.39 is 170 Å². The number of nitrogens with one attached hydrogen (secondary N) is 8. The van der Waals surface area contributed by atoms with E-state index in [1.54, 1.807) is 71.9 Å². The zero-order valence-corrected chi connectivity index (χ0v) is 45.0. The molecule has 0 heterocycles. The van der Waals surface area contributed by atoms with Gasteiger partial charge in [-0.25, -0.2) is 4.79 Å². The molecule has 0 fully saturated rings. The molecule has 1 aromatic rings. The van der Waals surface area contributed by atoms with Crippen LogP contribution < -0.4 is 76.9 Å². The summed E-state index contributed by atoms with van der Waals surface area (Å²) in [5, 5.41) is 39.3. The first-order chi connectivity index (χ1) is 36.4. The molecule has 0 unspecified atom stereocenters. The predicted molar refractivity (Wildman–Crippen MR) is 283 cm³/mol. The first-order valence-corrected chi connectivity index (χ1v) is 25.4. The van der Waals surface area contributed by atoms with Crippen molar-refractivity contribution in [1.82, 2.24) is 42.5 Å². The zero-order chi connectivity index (χ0) is 59.4. The molecule has 1 aromatic carbocycles. The minimum absolute atomic E-state index is 0.00715. The highest BCUT2D eigenvalue weighted by molar-refractivity contribution is 5.99. The van der Waals surface area contributed by atoms with Crippen LogP contribution in [0.3, 0.4) is 0 Å². The number of carboxylic acid groups (broad SMARTS) is 1. The van der Waals surface area contributed by atoms with Crippen LogP contribution in [0.15, 0.2) is 35.3 Å². The summed E-state index contributed by atoms with van der Waals surface area (Å²) >= 11 is 0. The van der Waals surface area contributed by atoms with Crippen molar-refractivity contribution in [3.8, 4) is 0 Å². The van der Waals surface area contributed by atoms with E-state index in [2.05, 4.69) is 47.5 Å². The molecule has 9 atom stereocenters. The maximum Gasteiger partial charge on any atom is 0.326 e. The average Bonchev–Trinajstić information content (AvgIpc) is 3.34. The van der Waals surface area contributed by atoms with Crippen LogP contribution in [0, 0.1) is 17.8 Å². The standard InChI is InChI=1S/C49H81N15O14/c1-24(2)19-31(59-40(69)28(50)13-10-18-56-49(54)55)44(73)60-32(20-25(3)4)43(72)57-29(14-16-36(51)66)41(70)61-33(22-38(53)68)45(74)63-35(23-65)46(75)58-30(15-17-37(52)67)42(71)64-39(26(5)6)47(76)62-34(48(77)78)21-27-11-8-7-9-12-27/h7-9,11-12,24-26,28-35,39,65H,10,13-23,50H2,1-6H3,(H2,51,66)(H2,52,67)(H2,53,68)(H,57,72)(H,58,75)(H,59,69)(H,60,73)(H,61,70)(H,62,76)(H,63,74)(H,64,71)(H,77,78)(H4,54,55,56)/t28-,29-,30-,31-,32-,33-,34-,35-,39-/m0/s1. The number of benzene rings is 1. The van der Waals surface area contributed by atoms with Crippen LogP contribution in [0.25, 0.3) is 0 Å². The minimum atomic E-state index is -1.94. The van der Waals surface area contributed by atoms with Gasteiger partial charge in [0.25, 0.3) is 0 Å². The van der Waals surface area contributed by atoms with Crippen LogP contribution in [0.4, 0.5) is 0 Å². The number of aliphatic imine (C=N–C) groups is 1. The van der Waals surface area contributed by atoms with Gasteiger partial charge in [-0.3, -0.25) is 57.7 Å². The topological polar surface area (TPSA) is 510 Å². The Kier molecular flexibility index (Phi) is 30.2. The highest BCUT2D eigenvalue weighted by atomic mass is 16.4. The quantitative estimate of drug-likeness (QED) is 0.0168. The summed E-state index contributed by atoms with van der Waals surface area (Å²) in [5.41, 5.74) is 33.5. The van der Waals surface area contributed by atoms with Crippen LogP contribution in [0.2, 0.25) is 0 Å². The van der Waals surface area contributed by atoms with Gasteiger partial charge in [0.05, 0.1) is 19.1 Å².